The van der Waals surface area contributed by atoms with Crippen LogP contribution in [0, 0.1) is 6.92 Å². The van der Waals surface area contributed by atoms with Crippen molar-refractivity contribution in [3.05, 3.63) is 17.8 Å². The second-order valence-electron chi connectivity index (χ2n) is 4.32. The van der Waals surface area contributed by atoms with Gasteiger partial charge in [0.05, 0.1) is 19.0 Å². The summed E-state index contributed by atoms with van der Waals surface area (Å²) in [6.07, 6.45) is 1.89. The standard InChI is InChI=1S/C12H19N3O/c1-9-6-11(7-14-12(9)16-3)15-5-4-13-10(2)8-15/h6-7,10,13H,4-5,8H2,1-3H3/t10-/m1/s1. The highest BCUT2D eigenvalue weighted by Gasteiger charge is 2.16. The van der Waals surface area contributed by atoms with Crippen LogP contribution in [-0.4, -0.2) is 37.8 Å². The topological polar surface area (TPSA) is 37.4 Å². The molecule has 1 fully saturated rings. The Morgan fingerprint density at radius 2 is 2.38 bits per heavy atom. The normalized spacial score (nSPS) is 20.9. The average Bonchev–Trinajstić information content (AvgIpc) is 2.29. The fraction of sp³-hybridized carbons (Fsp3) is 0.583. The van der Waals surface area contributed by atoms with Gasteiger partial charge in [-0.05, 0) is 19.9 Å². The van der Waals surface area contributed by atoms with Crippen molar-refractivity contribution in [1.82, 2.24) is 10.3 Å². The molecule has 0 aliphatic carbocycles. The summed E-state index contributed by atoms with van der Waals surface area (Å²) in [7, 11) is 1.65. The third kappa shape index (κ3) is 2.27. The van der Waals surface area contributed by atoms with Crippen LogP contribution < -0.4 is 15.0 Å². The Balaban J connectivity index is 2.17. The van der Waals surface area contributed by atoms with Crippen LogP contribution in [0.1, 0.15) is 12.5 Å². The molecule has 1 N–H and O–H groups in total. The van der Waals surface area contributed by atoms with Crippen LogP contribution in [-0.2, 0) is 0 Å². The highest BCUT2D eigenvalue weighted by atomic mass is 16.5. The summed E-state index contributed by atoms with van der Waals surface area (Å²) >= 11 is 0. The number of aromatic nitrogens is 1. The van der Waals surface area contributed by atoms with Gasteiger partial charge in [-0.15, -0.1) is 0 Å². The minimum absolute atomic E-state index is 0.538. The first-order valence-electron chi connectivity index (χ1n) is 5.69. The van der Waals surface area contributed by atoms with Crippen molar-refractivity contribution < 1.29 is 4.74 Å². The molecule has 0 bridgehead atoms. The Morgan fingerprint density at radius 1 is 1.56 bits per heavy atom. The highest BCUT2D eigenvalue weighted by molar-refractivity contribution is 5.49. The molecule has 16 heavy (non-hydrogen) atoms. The summed E-state index contributed by atoms with van der Waals surface area (Å²) in [6, 6.07) is 2.68. The molecule has 0 amide bonds. The van der Waals surface area contributed by atoms with Crippen LogP contribution in [0.4, 0.5) is 5.69 Å². The van der Waals surface area contributed by atoms with E-state index in [1.807, 2.05) is 13.1 Å². The van der Waals surface area contributed by atoms with Crippen LogP contribution in [0.2, 0.25) is 0 Å². The van der Waals surface area contributed by atoms with Crippen molar-refractivity contribution in [3.8, 4) is 5.88 Å². The van der Waals surface area contributed by atoms with Crippen molar-refractivity contribution in [3.63, 3.8) is 0 Å². The molecule has 1 aliphatic rings. The number of methoxy groups -OCH3 is 1. The van der Waals surface area contributed by atoms with E-state index in [0.29, 0.717) is 11.9 Å². The smallest absolute Gasteiger partial charge is 0.216 e. The number of rotatable bonds is 2. The minimum Gasteiger partial charge on any atom is -0.481 e. The maximum atomic E-state index is 5.17. The van der Waals surface area contributed by atoms with E-state index in [4.69, 9.17) is 4.74 Å². The van der Waals surface area contributed by atoms with Gasteiger partial charge in [-0.2, -0.15) is 0 Å². The fourth-order valence-corrected chi connectivity index (χ4v) is 2.10. The molecule has 1 aliphatic heterocycles. The predicted octanol–water partition coefficient (Wildman–Crippen LogP) is 1.20. The highest BCUT2D eigenvalue weighted by Crippen LogP contribution is 2.21. The lowest BCUT2D eigenvalue weighted by Gasteiger charge is -2.33. The number of anilines is 1. The number of hydrogen-bond donors (Lipinski definition) is 1. The lowest BCUT2D eigenvalue weighted by molar-refractivity contribution is 0.394. The molecule has 0 spiro atoms. The fourth-order valence-electron chi connectivity index (χ4n) is 2.10. The van der Waals surface area contributed by atoms with Gasteiger partial charge in [0, 0.05) is 31.2 Å². The summed E-state index contributed by atoms with van der Waals surface area (Å²) in [5.41, 5.74) is 2.28. The van der Waals surface area contributed by atoms with Gasteiger partial charge in [-0.25, -0.2) is 4.98 Å². The van der Waals surface area contributed by atoms with Crippen molar-refractivity contribution in [2.24, 2.45) is 0 Å². The second-order valence-corrected chi connectivity index (χ2v) is 4.32. The van der Waals surface area contributed by atoms with Gasteiger partial charge in [0.15, 0.2) is 0 Å². The van der Waals surface area contributed by atoms with Gasteiger partial charge in [0.25, 0.3) is 0 Å². The first-order valence-corrected chi connectivity index (χ1v) is 5.69. The molecule has 0 unspecified atom stereocenters. The van der Waals surface area contributed by atoms with E-state index in [-0.39, 0.29) is 0 Å². The number of hydrogen-bond acceptors (Lipinski definition) is 4. The maximum absolute atomic E-state index is 5.17. The van der Waals surface area contributed by atoms with Crippen molar-refractivity contribution in [2.45, 2.75) is 19.9 Å². The molecule has 0 saturated carbocycles. The number of nitrogens with one attached hydrogen (secondary N) is 1. The van der Waals surface area contributed by atoms with E-state index < -0.39 is 0 Å². The third-order valence-electron chi connectivity index (χ3n) is 2.94. The largest absolute Gasteiger partial charge is 0.481 e. The maximum Gasteiger partial charge on any atom is 0.216 e. The zero-order valence-corrected chi connectivity index (χ0v) is 10.2. The van der Waals surface area contributed by atoms with Crippen molar-refractivity contribution in [1.29, 1.82) is 0 Å². The van der Waals surface area contributed by atoms with E-state index >= 15 is 0 Å². The second kappa shape index (κ2) is 4.70. The van der Waals surface area contributed by atoms with Gasteiger partial charge >= 0.3 is 0 Å². The Morgan fingerprint density at radius 3 is 3.00 bits per heavy atom. The Labute approximate surface area is 96.6 Å². The van der Waals surface area contributed by atoms with Gasteiger partial charge in [-0.1, -0.05) is 0 Å². The lowest BCUT2D eigenvalue weighted by atomic mass is 10.2. The van der Waals surface area contributed by atoms with E-state index in [0.717, 1.165) is 25.2 Å². The van der Waals surface area contributed by atoms with E-state index in [9.17, 15) is 0 Å². The third-order valence-corrected chi connectivity index (χ3v) is 2.94. The monoisotopic (exact) mass is 221 g/mol. The Hall–Kier alpha value is -1.29. The van der Waals surface area contributed by atoms with Crippen molar-refractivity contribution in [2.75, 3.05) is 31.6 Å². The molecular formula is C12H19N3O. The van der Waals surface area contributed by atoms with Gasteiger partial charge in [0.2, 0.25) is 5.88 Å². The Bertz CT molecular complexity index is 367. The minimum atomic E-state index is 0.538. The van der Waals surface area contributed by atoms with Crippen LogP contribution in [0.3, 0.4) is 0 Å². The molecule has 1 aromatic heterocycles. The molecule has 2 rings (SSSR count). The quantitative estimate of drug-likeness (QED) is 0.814. The molecule has 2 heterocycles. The van der Waals surface area contributed by atoms with Crippen LogP contribution in [0.15, 0.2) is 12.3 Å². The summed E-state index contributed by atoms with van der Waals surface area (Å²) in [6.45, 7) is 7.34. The van der Waals surface area contributed by atoms with Crippen LogP contribution in [0.5, 0.6) is 5.88 Å². The molecule has 1 saturated heterocycles. The Kier molecular flexibility index (Phi) is 3.29. The van der Waals surface area contributed by atoms with Crippen LogP contribution >= 0.6 is 0 Å². The van der Waals surface area contributed by atoms with E-state index in [1.54, 1.807) is 7.11 Å². The first kappa shape index (κ1) is 11.2. The number of piperazine rings is 1. The average molecular weight is 221 g/mol. The molecule has 0 radical (unpaired) electrons. The summed E-state index contributed by atoms with van der Waals surface area (Å²) < 4.78 is 5.17. The van der Waals surface area contributed by atoms with E-state index in [2.05, 4.69) is 28.2 Å². The van der Waals surface area contributed by atoms with Crippen molar-refractivity contribution >= 4 is 5.69 Å². The van der Waals surface area contributed by atoms with E-state index in [1.165, 1.54) is 5.69 Å². The molecule has 88 valence electrons. The summed E-state index contributed by atoms with van der Waals surface area (Å²) in [4.78, 5) is 6.67. The van der Waals surface area contributed by atoms with Gasteiger partial charge in [0.1, 0.15) is 0 Å². The zero-order valence-electron chi connectivity index (χ0n) is 10.2. The molecule has 4 heteroatoms. The lowest BCUT2D eigenvalue weighted by Crippen LogP contribution is -2.49. The molecule has 1 aromatic rings. The molecule has 1 atom stereocenters. The predicted molar refractivity (Wildman–Crippen MR) is 65.2 cm³/mol. The molecule has 0 aromatic carbocycles. The zero-order chi connectivity index (χ0) is 11.5. The first-order chi connectivity index (χ1) is 7.70. The molecule has 4 nitrogen and oxygen atoms in total. The number of nitrogens with zero attached hydrogens (tertiary/aromatic N) is 2. The SMILES string of the molecule is COc1ncc(N2CCN[C@H](C)C2)cc1C. The van der Waals surface area contributed by atoms with Gasteiger partial charge < -0.3 is 15.0 Å². The van der Waals surface area contributed by atoms with Gasteiger partial charge in [-0.3, -0.25) is 0 Å². The number of ether oxygens (including phenoxy) is 1. The van der Waals surface area contributed by atoms with Crippen LogP contribution in [0.25, 0.3) is 0 Å². The number of aryl methyl sites for hydroxylation is 1. The summed E-state index contributed by atoms with van der Waals surface area (Å²) in [5, 5.41) is 3.43. The number of pyridine rings is 1. The summed E-state index contributed by atoms with van der Waals surface area (Å²) in [5.74, 6) is 0.715. The molecular weight excluding hydrogens is 202 g/mol.